The molecule has 1 aliphatic heterocycles. The van der Waals surface area contributed by atoms with Crippen LogP contribution in [0.1, 0.15) is 50.5 Å². The molecule has 0 bridgehead atoms. The lowest BCUT2D eigenvalue weighted by molar-refractivity contribution is 0.237. The first kappa shape index (κ1) is 17.1. The third kappa shape index (κ3) is 4.42. The fraction of sp³-hybridized carbons (Fsp3) is 0.650. The van der Waals surface area contributed by atoms with E-state index in [1.165, 1.54) is 51.5 Å². The first-order valence-corrected chi connectivity index (χ1v) is 9.46. The Morgan fingerprint density at radius 1 is 1.08 bits per heavy atom. The van der Waals surface area contributed by atoms with Crippen molar-refractivity contribution in [2.24, 2.45) is 5.92 Å². The maximum atomic E-state index is 9.54. The second-order valence-corrected chi connectivity index (χ2v) is 7.29. The van der Waals surface area contributed by atoms with Gasteiger partial charge in [0.15, 0.2) is 0 Å². The molecule has 3 rings (SSSR count). The van der Waals surface area contributed by atoms with Gasteiger partial charge in [0, 0.05) is 26.2 Å². The summed E-state index contributed by atoms with van der Waals surface area (Å²) in [5, 5.41) is 18.8. The Bertz CT molecular complexity index is 567. The quantitative estimate of drug-likeness (QED) is 0.895. The molecule has 0 aromatic heterocycles. The van der Waals surface area contributed by atoms with Crippen molar-refractivity contribution in [2.75, 3.05) is 37.6 Å². The average Bonchev–Trinajstić information content (AvgIpc) is 2.63. The van der Waals surface area contributed by atoms with Gasteiger partial charge in [0.25, 0.3) is 0 Å². The van der Waals surface area contributed by atoms with Gasteiger partial charge < -0.3 is 10.0 Å². The van der Waals surface area contributed by atoms with Crippen molar-refractivity contribution in [3.63, 3.8) is 0 Å². The number of nitriles is 1. The molecule has 1 aliphatic carbocycles. The Morgan fingerprint density at radius 2 is 1.83 bits per heavy atom. The Balaban J connectivity index is 1.43. The van der Waals surface area contributed by atoms with Crippen LogP contribution in [-0.4, -0.2) is 42.7 Å². The van der Waals surface area contributed by atoms with Crippen molar-refractivity contribution in [2.45, 2.75) is 44.9 Å². The first-order valence-electron chi connectivity index (χ1n) is 9.46. The monoisotopic (exact) mass is 327 g/mol. The fourth-order valence-corrected chi connectivity index (χ4v) is 4.18. The molecule has 130 valence electrons. The van der Waals surface area contributed by atoms with E-state index in [0.717, 1.165) is 37.8 Å². The van der Waals surface area contributed by atoms with Crippen molar-refractivity contribution in [3.8, 4) is 11.8 Å². The smallest absolute Gasteiger partial charge is 0.117 e. The summed E-state index contributed by atoms with van der Waals surface area (Å²) in [5.74, 6) is 1.15. The van der Waals surface area contributed by atoms with E-state index < -0.39 is 0 Å². The fourth-order valence-electron chi connectivity index (χ4n) is 4.18. The molecular weight excluding hydrogens is 298 g/mol. The topological polar surface area (TPSA) is 50.5 Å². The van der Waals surface area contributed by atoms with Gasteiger partial charge in [-0.15, -0.1) is 0 Å². The van der Waals surface area contributed by atoms with Crippen LogP contribution in [0.3, 0.4) is 0 Å². The zero-order valence-electron chi connectivity index (χ0n) is 14.6. The van der Waals surface area contributed by atoms with Crippen molar-refractivity contribution < 1.29 is 5.11 Å². The van der Waals surface area contributed by atoms with Gasteiger partial charge in [-0.3, -0.25) is 4.90 Å². The highest BCUT2D eigenvalue weighted by Crippen LogP contribution is 2.28. The Labute approximate surface area is 145 Å². The molecule has 0 spiro atoms. The van der Waals surface area contributed by atoms with Gasteiger partial charge in [-0.2, -0.15) is 5.26 Å². The van der Waals surface area contributed by atoms with Crippen LogP contribution in [0, 0.1) is 17.2 Å². The van der Waals surface area contributed by atoms with Gasteiger partial charge in [-0.25, -0.2) is 0 Å². The maximum absolute atomic E-state index is 9.54. The zero-order valence-corrected chi connectivity index (χ0v) is 14.6. The molecule has 0 amide bonds. The summed E-state index contributed by atoms with van der Waals surface area (Å²) in [5.41, 5.74) is 1.53. The maximum Gasteiger partial charge on any atom is 0.117 e. The molecule has 24 heavy (non-hydrogen) atoms. The van der Waals surface area contributed by atoms with E-state index >= 15 is 0 Å². The van der Waals surface area contributed by atoms with Gasteiger partial charge in [0.05, 0.1) is 11.3 Å². The number of hydrogen-bond acceptors (Lipinski definition) is 4. The predicted molar refractivity (Wildman–Crippen MR) is 97.3 cm³/mol. The second-order valence-electron chi connectivity index (χ2n) is 7.29. The number of aromatic hydroxyl groups is 1. The van der Waals surface area contributed by atoms with E-state index in [0.29, 0.717) is 5.56 Å². The molecule has 1 saturated carbocycles. The molecule has 0 atom stereocenters. The van der Waals surface area contributed by atoms with Crippen molar-refractivity contribution in [1.29, 1.82) is 5.26 Å². The lowest BCUT2D eigenvalue weighted by Crippen LogP contribution is -2.46. The normalized spacial score (nSPS) is 20.0. The minimum Gasteiger partial charge on any atom is -0.508 e. The van der Waals surface area contributed by atoms with Gasteiger partial charge in [0.1, 0.15) is 11.8 Å². The number of rotatable bonds is 5. The van der Waals surface area contributed by atoms with Crippen LogP contribution in [0.25, 0.3) is 0 Å². The van der Waals surface area contributed by atoms with E-state index in [-0.39, 0.29) is 5.75 Å². The molecule has 4 nitrogen and oxygen atoms in total. The number of phenols is 1. The van der Waals surface area contributed by atoms with Gasteiger partial charge >= 0.3 is 0 Å². The van der Waals surface area contributed by atoms with E-state index in [2.05, 4.69) is 15.9 Å². The van der Waals surface area contributed by atoms with Crippen LogP contribution in [0.4, 0.5) is 5.69 Å². The van der Waals surface area contributed by atoms with Gasteiger partial charge in [-0.05, 0) is 43.5 Å². The minimum absolute atomic E-state index is 0.164. The SMILES string of the molecule is N#Cc1cc(O)ccc1N1CCN(CCCC2CCCCC2)CC1. The summed E-state index contributed by atoms with van der Waals surface area (Å²) >= 11 is 0. The number of anilines is 1. The standard InChI is InChI=1S/C20H29N3O/c21-16-18-15-19(24)8-9-20(18)23-13-11-22(12-14-23)10-4-7-17-5-2-1-3-6-17/h8-9,15,17,24H,1-7,10-14H2. The molecule has 1 heterocycles. The summed E-state index contributed by atoms with van der Waals surface area (Å²) in [4.78, 5) is 4.83. The van der Waals surface area contributed by atoms with Crippen LogP contribution in [-0.2, 0) is 0 Å². The molecule has 1 N–H and O–H groups in total. The Hall–Kier alpha value is -1.73. The molecule has 4 heteroatoms. The van der Waals surface area contributed by atoms with Gasteiger partial charge in [-0.1, -0.05) is 32.1 Å². The summed E-state index contributed by atoms with van der Waals surface area (Å²) in [6.07, 6.45) is 9.95. The van der Waals surface area contributed by atoms with E-state index in [9.17, 15) is 10.4 Å². The van der Waals surface area contributed by atoms with Crippen LogP contribution >= 0.6 is 0 Å². The summed E-state index contributed by atoms with van der Waals surface area (Å²) in [6, 6.07) is 7.30. The van der Waals surface area contributed by atoms with E-state index in [1.807, 2.05) is 6.07 Å². The molecule has 0 radical (unpaired) electrons. The first-order chi connectivity index (χ1) is 11.8. The highest BCUT2D eigenvalue weighted by molar-refractivity contribution is 5.61. The highest BCUT2D eigenvalue weighted by atomic mass is 16.3. The van der Waals surface area contributed by atoms with Crippen molar-refractivity contribution in [3.05, 3.63) is 23.8 Å². The number of nitrogens with zero attached hydrogens (tertiary/aromatic N) is 3. The highest BCUT2D eigenvalue weighted by Gasteiger charge is 2.20. The molecule has 1 saturated heterocycles. The second kappa shape index (κ2) is 8.39. The predicted octanol–water partition coefficient (Wildman–Crippen LogP) is 3.75. The minimum atomic E-state index is 0.164. The third-order valence-electron chi connectivity index (χ3n) is 5.63. The number of hydrogen-bond donors (Lipinski definition) is 1. The summed E-state index contributed by atoms with van der Waals surface area (Å²) in [7, 11) is 0. The van der Waals surface area contributed by atoms with Crippen LogP contribution < -0.4 is 4.90 Å². The van der Waals surface area contributed by atoms with Crippen LogP contribution in [0.2, 0.25) is 0 Å². The van der Waals surface area contributed by atoms with Crippen molar-refractivity contribution >= 4 is 5.69 Å². The Morgan fingerprint density at radius 3 is 2.54 bits per heavy atom. The molecular formula is C20H29N3O. The summed E-state index contributed by atoms with van der Waals surface area (Å²) in [6.45, 7) is 5.27. The van der Waals surface area contributed by atoms with E-state index in [1.54, 1.807) is 12.1 Å². The van der Waals surface area contributed by atoms with E-state index in [4.69, 9.17) is 0 Å². The number of piperazine rings is 1. The average molecular weight is 327 g/mol. The number of phenolic OH excluding ortho intramolecular Hbond substituents is 1. The van der Waals surface area contributed by atoms with Crippen LogP contribution in [0.5, 0.6) is 5.75 Å². The molecule has 2 aliphatic rings. The molecule has 0 unspecified atom stereocenters. The summed E-state index contributed by atoms with van der Waals surface area (Å²) < 4.78 is 0. The molecule has 1 aromatic carbocycles. The zero-order chi connectivity index (χ0) is 16.8. The molecule has 2 fully saturated rings. The largest absolute Gasteiger partial charge is 0.508 e. The number of benzene rings is 1. The van der Waals surface area contributed by atoms with Gasteiger partial charge in [0.2, 0.25) is 0 Å². The van der Waals surface area contributed by atoms with Crippen LogP contribution in [0.15, 0.2) is 18.2 Å². The molecule has 1 aromatic rings. The Kier molecular flexibility index (Phi) is 5.98. The lowest BCUT2D eigenvalue weighted by Gasteiger charge is -2.36. The lowest BCUT2D eigenvalue weighted by atomic mass is 9.86. The third-order valence-corrected chi connectivity index (χ3v) is 5.63. The van der Waals surface area contributed by atoms with Crippen molar-refractivity contribution in [1.82, 2.24) is 4.90 Å².